The average Bonchev–Trinajstić information content (AvgIpc) is 3.16. The van der Waals surface area contributed by atoms with Crippen LogP contribution >= 0.6 is 0 Å². The summed E-state index contributed by atoms with van der Waals surface area (Å²) in [5.74, 6) is 1.59. The summed E-state index contributed by atoms with van der Waals surface area (Å²) in [5, 5.41) is 7.95. The molecule has 1 N–H and O–H groups in total. The van der Waals surface area contributed by atoms with Crippen molar-refractivity contribution in [2.75, 3.05) is 33.2 Å². The van der Waals surface area contributed by atoms with Crippen molar-refractivity contribution < 1.29 is 4.79 Å². The van der Waals surface area contributed by atoms with Crippen LogP contribution in [0.2, 0.25) is 0 Å². The van der Waals surface area contributed by atoms with E-state index < -0.39 is 0 Å². The van der Waals surface area contributed by atoms with Crippen LogP contribution < -0.4 is 5.32 Å². The molecule has 1 saturated heterocycles. The first-order valence-electron chi connectivity index (χ1n) is 9.72. The van der Waals surface area contributed by atoms with Gasteiger partial charge in [-0.2, -0.15) is 5.10 Å². The highest BCUT2D eigenvalue weighted by Gasteiger charge is 2.19. The first-order chi connectivity index (χ1) is 12.4. The quantitative estimate of drug-likeness (QED) is 0.436. The normalized spacial score (nSPS) is 15.2. The molecule has 1 aromatic heterocycles. The van der Waals surface area contributed by atoms with Crippen LogP contribution in [0.1, 0.15) is 57.2 Å². The van der Waals surface area contributed by atoms with Gasteiger partial charge in [0.05, 0.1) is 5.69 Å². The molecule has 0 aromatic carbocycles. The summed E-state index contributed by atoms with van der Waals surface area (Å²) in [5.41, 5.74) is 2.38. The molecular formula is C19H34N6O. The number of guanidine groups is 1. The van der Waals surface area contributed by atoms with Gasteiger partial charge in [-0.15, -0.1) is 0 Å². The van der Waals surface area contributed by atoms with Crippen LogP contribution in [0.4, 0.5) is 0 Å². The predicted molar refractivity (Wildman–Crippen MR) is 105 cm³/mol. The molecule has 2 rings (SSSR count). The maximum Gasteiger partial charge on any atom is 0.222 e. The summed E-state index contributed by atoms with van der Waals surface area (Å²) in [6.45, 7) is 10.5. The lowest BCUT2D eigenvalue weighted by Gasteiger charge is -2.22. The van der Waals surface area contributed by atoms with Crippen LogP contribution in [0.3, 0.4) is 0 Å². The first kappa shape index (κ1) is 20.3. The number of aryl methyl sites for hydroxylation is 1. The molecule has 1 aliphatic heterocycles. The lowest BCUT2D eigenvalue weighted by molar-refractivity contribution is -0.127. The largest absolute Gasteiger partial charge is 0.357 e. The Balaban J connectivity index is 1.93. The molecule has 2 heterocycles. The molecule has 26 heavy (non-hydrogen) atoms. The Morgan fingerprint density at radius 3 is 2.85 bits per heavy atom. The van der Waals surface area contributed by atoms with Crippen LogP contribution in [-0.2, 0) is 18.4 Å². The summed E-state index contributed by atoms with van der Waals surface area (Å²) < 4.78 is 1.88. The van der Waals surface area contributed by atoms with Gasteiger partial charge in [-0.25, -0.2) is 0 Å². The Labute approximate surface area is 157 Å². The third-order valence-corrected chi connectivity index (χ3v) is 4.61. The van der Waals surface area contributed by atoms with E-state index in [2.05, 4.69) is 49.3 Å². The second-order valence-electron chi connectivity index (χ2n) is 7.30. The van der Waals surface area contributed by atoms with Gasteiger partial charge in [0, 0.05) is 65.0 Å². The Hall–Kier alpha value is -2.05. The van der Waals surface area contributed by atoms with Crippen LogP contribution in [-0.4, -0.2) is 64.7 Å². The van der Waals surface area contributed by atoms with Gasteiger partial charge < -0.3 is 15.1 Å². The van der Waals surface area contributed by atoms with E-state index in [0.29, 0.717) is 12.3 Å². The van der Waals surface area contributed by atoms with Crippen molar-refractivity contribution in [3.8, 4) is 0 Å². The molecule has 0 aliphatic carbocycles. The summed E-state index contributed by atoms with van der Waals surface area (Å²) in [6.07, 6.45) is 4.70. The van der Waals surface area contributed by atoms with Crippen molar-refractivity contribution in [3.63, 3.8) is 0 Å². The fourth-order valence-electron chi connectivity index (χ4n) is 3.35. The minimum absolute atomic E-state index is 0.288. The SMILES string of the molecule is CCNC(=NCCCN1CCCC1=O)N(C)Cc1cn(C)nc1C(C)C. The van der Waals surface area contributed by atoms with Crippen LogP contribution in [0, 0.1) is 0 Å². The highest BCUT2D eigenvalue weighted by atomic mass is 16.2. The summed E-state index contributed by atoms with van der Waals surface area (Å²) in [7, 11) is 4.02. The number of rotatable bonds is 8. The Morgan fingerprint density at radius 2 is 2.23 bits per heavy atom. The number of carbonyl (C=O) groups is 1. The molecule has 0 radical (unpaired) electrons. The third-order valence-electron chi connectivity index (χ3n) is 4.61. The number of nitrogens with zero attached hydrogens (tertiary/aromatic N) is 5. The van der Waals surface area contributed by atoms with E-state index in [0.717, 1.165) is 57.2 Å². The molecule has 0 atom stereocenters. The van der Waals surface area contributed by atoms with Crippen molar-refractivity contribution in [2.24, 2.45) is 12.0 Å². The fourth-order valence-corrected chi connectivity index (χ4v) is 3.35. The average molecular weight is 363 g/mol. The van der Waals surface area contributed by atoms with Gasteiger partial charge in [-0.1, -0.05) is 13.8 Å². The number of aliphatic imine (C=N–C) groups is 1. The molecule has 1 fully saturated rings. The summed E-state index contributed by atoms with van der Waals surface area (Å²) >= 11 is 0. The van der Waals surface area contributed by atoms with Crippen molar-refractivity contribution in [1.82, 2.24) is 24.9 Å². The van der Waals surface area contributed by atoms with E-state index in [-0.39, 0.29) is 5.91 Å². The second-order valence-corrected chi connectivity index (χ2v) is 7.30. The van der Waals surface area contributed by atoms with Crippen LogP contribution in [0.5, 0.6) is 0 Å². The van der Waals surface area contributed by atoms with Gasteiger partial charge in [0.2, 0.25) is 5.91 Å². The van der Waals surface area contributed by atoms with Crippen molar-refractivity contribution >= 4 is 11.9 Å². The van der Waals surface area contributed by atoms with Crippen molar-refractivity contribution in [1.29, 1.82) is 0 Å². The Bertz CT molecular complexity index is 622. The molecule has 1 amide bonds. The van der Waals surface area contributed by atoms with Crippen molar-refractivity contribution in [3.05, 3.63) is 17.5 Å². The van der Waals surface area contributed by atoms with Gasteiger partial charge >= 0.3 is 0 Å². The molecule has 0 bridgehead atoms. The van der Waals surface area contributed by atoms with E-state index in [1.54, 1.807) is 0 Å². The molecule has 1 aliphatic rings. The van der Waals surface area contributed by atoms with Crippen molar-refractivity contribution in [2.45, 2.75) is 52.5 Å². The number of nitrogens with one attached hydrogen (secondary N) is 1. The van der Waals surface area contributed by atoms with Crippen LogP contribution in [0.15, 0.2) is 11.2 Å². The topological polar surface area (TPSA) is 65.8 Å². The van der Waals surface area contributed by atoms with Crippen LogP contribution in [0.25, 0.3) is 0 Å². The Morgan fingerprint density at radius 1 is 1.46 bits per heavy atom. The molecule has 1 aromatic rings. The van der Waals surface area contributed by atoms with E-state index in [9.17, 15) is 4.79 Å². The number of amides is 1. The minimum atomic E-state index is 0.288. The number of likely N-dealkylation sites (tertiary alicyclic amines) is 1. The molecule has 7 heteroatoms. The third kappa shape index (κ3) is 5.47. The molecule has 0 saturated carbocycles. The number of aromatic nitrogens is 2. The summed E-state index contributed by atoms with van der Waals surface area (Å²) in [6, 6.07) is 0. The summed E-state index contributed by atoms with van der Waals surface area (Å²) in [4.78, 5) is 20.5. The van der Waals surface area contributed by atoms with Gasteiger partial charge in [0.1, 0.15) is 0 Å². The highest BCUT2D eigenvalue weighted by molar-refractivity contribution is 5.79. The smallest absolute Gasteiger partial charge is 0.222 e. The van der Waals surface area contributed by atoms with E-state index in [1.807, 2.05) is 16.6 Å². The van der Waals surface area contributed by atoms with Gasteiger partial charge in [0.15, 0.2) is 5.96 Å². The lowest BCUT2D eigenvalue weighted by atomic mass is 10.1. The maximum absolute atomic E-state index is 11.7. The molecule has 146 valence electrons. The zero-order valence-electron chi connectivity index (χ0n) is 17.0. The maximum atomic E-state index is 11.7. The van der Waals surface area contributed by atoms with E-state index in [4.69, 9.17) is 4.99 Å². The van der Waals surface area contributed by atoms with Gasteiger partial charge in [-0.05, 0) is 25.7 Å². The van der Waals surface area contributed by atoms with E-state index in [1.165, 1.54) is 5.56 Å². The molecular weight excluding hydrogens is 328 g/mol. The second kappa shape index (κ2) is 9.59. The number of hydrogen-bond acceptors (Lipinski definition) is 3. The van der Waals surface area contributed by atoms with E-state index >= 15 is 0 Å². The monoisotopic (exact) mass is 362 g/mol. The van der Waals surface area contributed by atoms with Gasteiger partial charge in [0.25, 0.3) is 0 Å². The molecule has 0 unspecified atom stereocenters. The highest BCUT2D eigenvalue weighted by Crippen LogP contribution is 2.18. The predicted octanol–water partition coefficient (Wildman–Crippen LogP) is 1.95. The molecule has 7 nitrogen and oxygen atoms in total. The zero-order valence-corrected chi connectivity index (χ0v) is 17.0. The number of hydrogen-bond donors (Lipinski definition) is 1. The zero-order chi connectivity index (χ0) is 19.1. The lowest BCUT2D eigenvalue weighted by Crippen LogP contribution is -2.38. The fraction of sp³-hybridized carbons (Fsp3) is 0.737. The number of carbonyl (C=O) groups excluding carboxylic acids is 1. The Kier molecular flexibility index (Phi) is 7.48. The minimum Gasteiger partial charge on any atom is -0.357 e. The van der Waals surface area contributed by atoms with Gasteiger partial charge in [-0.3, -0.25) is 14.5 Å². The standard InChI is InChI=1S/C19H34N6O/c1-6-20-19(21-10-8-12-25-11-7-9-17(25)26)23(4)13-16-14-24(5)22-18(16)15(2)3/h14-15H,6-13H2,1-5H3,(H,20,21). The first-order valence-corrected chi connectivity index (χ1v) is 9.72. The molecule has 0 spiro atoms.